The molecule has 4 aromatic carbocycles. The van der Waals surface area contributed by atoms with Crippen molar-refractivity contribution in [2.75, 3.05) is 0 Å². The lowest BCUT2D eigenvalue weighted by atomic mass is 9.94. The van der Waals surface area contributed by atoms with Gasteiger partial charge in [0, 0.05) is 63.3 Å². The molecule has 0 saturated heterocycles. The smallest absolute Gasteiger partial charge is 0.0447 e. The van der Waals surface area contributed by atoms with Crippen LogP contribution in [0.5, 0.6) is 0 Å². The largest absolute Gasteiger partial charge is 0.134 e. The molecule has 34 heavy (non-hydrogen) atoms. The van der Waals surface area contributed by atoms with Gasteiger partial charge in [-0.3, -0.25) is 0 Å². The molecule has 0 N–H and O–H groups in total. The summed E-state index contributed by atoms with van der Waals surface area (Å²) < 4.78 is 2.72. The van der Waals surface area contributed by atoms with Crippen LogP contribution in [0.1, 0.15) is 32.0 Å². The van der Waals surface area contributed by atoms with Gasteiger partial charge < -0.3 is 0 Å². The molecule has 0 spiro atoms. The third kappa shape index (κ3) is 2.37. The lowest BCUT2D eigenvalue weighted by molar-refractivity contribution is 1.60. The summed E-state index contributed by atoms with van der Waals surface area (Å²) in [5.74, 6) is 0. The van der Waals surface area contributed by atoms with Crippen molar-refractivity contribution in [3.63, 3.8) is 0 Å². The maximum atomic E-state index is 2.30. The molecule has 2 aliphatic carbocycles. The van der Waals surface area contributed by atoms with Gasteiger partial charge in [-0.25, -0.2) is 0 Å². The minimum absolute atomic E-state index is 1.30. The van der Waals surface area contributed by atoms with E-state index >= 15 is 0 Å². The maximum Gasteiger partial charge on any atom is 0.0447 e. The zero-order valence-corrected chi connectivity index (χ0v) is 19.8. The molecule has 2 heteroatoms. The number of fused-ring (bicyclic) bond motifs is 9. The van der Waals surface area contributed by atoms with E-state index in [1.807, 2.05) is 22.7 Å². The fourth-order valence-electron chi connectivity index (χ4n) is 5.68. The number of hydrogen-bond acceptors (Lipinski definition) is 2. The van der Waals surface area contributed by atoms with E-state index in [1.54, 1.807) is 0 Å². The molecule has 0 nitrogen and oxygen atoms in total. The van der Waals surface area contributed by atoms with Crippen molar-refractivity contribution in [2.45, 2.75) is 0 Å². The summed E-state index contributed by atoms with van der Waals surface area (Å²) in [6, 6.07) is 39.8. The van der Waals surface area contributed by atoms with Crippen molar-refractivity contribution >= 4 is 65.1 Å². The van der Waals surface area contributed by atoms with Gasteiger partial charge in [-0.2, -0.15) is 0 Å². The summed E-state index contributed by atoms with van der Waals surface area (Å²) in [6.07, 6.45) is 0. The lowest BCUT2D eigenvalue weighted by Crippen LogP contribution is -1.89. The first-order chi connectivity index (χ1) is 16.9. The first kappa shape index (κ1) is 18.7. The molecule has 0 radical (unpaired) electrons. The molecule has 0 fully saturated rings. The second-order valence-corrected chi connectivity index (χ2v) is 10.9. The van der Waals surface area contributed by atoms with E-state index in [-0.39, 0.29) is 0 Å². The molecule has 2 heterocycles. The highest BCUT2D eigenvalue weighted by molar-refractivity contribution is 7.23. The Hall–Kier alpha value is -3.72. The Morgan fingerprint density at radius 1 is 0.353 bits per heavy atom. The van der Waals surface area contributed by atoms with Crippen LogP contribution in [-0.2, 0) is 0 Å². The lowest BCUT2D eigenvalue weighted by Gasteiger charge is -2.08. The average Bonchev–Trinajstić information content (AvgIpc) is 3.61. The first-order valence-corrected chi connectivity index (χ1v) is 13.2. The minimum atomic E-state index is 1.30. The van der Waals surface area contributed by atoms with Gasteiger partial charge in [0.15, 0.2) is 0 Å². The molecule has 0 bridgehead atoms. The minimum Gasteiger partial charge on any atom is -0.134 e. The number of rotatable bonds is 2. The van der Waals surface area contributed by atoms with Gasteiger partial charge in [0.2, 0.25) is 0 Å². The monoisotopic (exact) mass is 466 g/mol. The van der Waals surface area contributed by atoms with Crippen LogP contribution in [0, 0.1) is 0 Å². The van der Waals surface area contributed by atoms with E-state index in [9.17, 15) is 0 Å². The highest BCUT2D eigenvalue weighted by Gasteiger charge is 2.41. The van der Waals surface area contributed by atoms with Crippen LogP contribution in [-0.4, -0.2) is 0 Å². The van der Waals surface area contributed by atoms with Gasteiger partial charge in [0.25, 0.3) is 0 Å². The third-order valence-electron chi connectivity index (χ3n) is 7.02. The van der Waals surface area contributed by atoms with Gasteiger partial charge in [0.1, 0.15) is 0 Å². The summed E-state index contributed by atoms with van der Waals surface area (Å²) in [5.41, 5.74) is 11.1. The first-order valence-electron chi connectivity index (χ1n) is 11.5. The predicted molar refractivity (Wildman–Crippen MR) is 148 cm³/mol. The summed E-state index contributed by atoms with van der Waals surface area (Å²) >= 11 is 3.89. The number of benzene rings is 4. The van der Waals surface area contributed by atoms with Gasteiger partial charge in [-0.1, -0.05) is 97.1 Å². The van der Waals surface area contributed by atoms with E-state index in [1.165, 1.54) is 74.5 Å². The molecule has 2 aliphatic rings. The van der Waals surface area contributed by atoms with Crippen molar-refractivity contribution in [1.29, 1.82) is 0 Å². The maximum absolute atomic E-state index is 2.30. The van der Waals surface area contributed by atoms with Crippen LogP contribution in [0.25, 0.3) is 42.5 Å². The van der Waals surface area contributed by atoms with Crippen molar-refractivity contribution in [2.24, 2.45) is 0 Å². The highest BCUT2D eigenvalue weighted by Crippen LogP contribution is 2.64. The summed E-state index contributed by atoms with van der Waals surface area (Å²) in [5, 5.41) is 2.73. The van der Waals surface area contributed by atoms with E-state index in [0.717, 1.165) is 0 Å². The highest BCUT2D eigenvalue weighted by atomic mass is 32.1. The van der Waals surface area contributed by atoms with Gasteiger partial charge in [-0.15, -0.1) is 22.7 Å². The normalized spacial score (nSPS) is 14.2. The SMILES string of the molecule is c1ccc(C2=C3C(=C(c4ccccc4)c4c3sc3ccccc43)c3sc4ccccc4c32)cc1. The van der Waals surface area contributed by atoms with Crippen molar-refractivity contribution in [3.8, 4) is 0 Å². The fourth-order valence-corrected chi connectivity index (χ4v) is 8.21. The Bertz CT molecular complexity index is 1690. The summed E-state index contributed by atoms with van der Waals surface area (Å²) in [4.78, 5) is 2.84. The Morgan fingerprint density at radius 3 is 1.18 bits per heavy atom. The second-order valence-electron chi connectivity index (χ2n) is 8.84. The molecular formula is C32H18S2. The summed E-state index contributed by atoms with van der Waals surface area (Å²) in [6.45, 7) is 0. The molecule has 0 atom stereocenters. The van der Waals surface area contributed by atoms with Crippen LogP contribution in [0.4, 0.5) is 0 Å². The topological polar surface area (TPSA) is 0 Å². The molecule has 8 rings (SSSR count). The molecule has 6 aromatic rings. The van der Waals surface area contributed by atoms with Crippen molar-refractivity contribution in [3.05, 3.63) is 141 Å². The Labute approximate surface area is 205 Å². The van der Waals surface area contributed by atoms with Gasteiger partial charge in [-0.05, 0) is 23.3 Å². The number of thiophene rings is 2. The number of allylic oxidation sites excluding steroid dienone is 2. The van der Waals surface area contributed by atoms with Crippen molar-refractivity contribution < 1.29 is 0 Å². The van der Waals surface area contributed by atoms with Crippen LogP contribution < -0.4 is 0 Å². The third-order valence-corrected chi connectivity index (χ3v) is 9.40. The summed E-state index contributed by atoms with van der Waals surface area (Å²) in [7, 11) is 0. The zero-order valence-electron chi connectivity index (χ0n) is 18.2. The van der Waals surface area contributed by atoms with Crippen LogP contribution in [0.15, 0.2) is 109 Å². The fraction of sp³-hybridized carbons (Fsp3) is 0. The van der Waals surface area contributed by atoms with E-state index in [4.69, 9.17) is 0 Å². The van der Waals surface area contributed by atoms with Gasteiger partial charge >= 0.3 is 0 Å². The van der Waals surface area contributed by atoms with Gasteiger partial charge in [0.05, 0.1) is 0 Å². The van der Waals surface area contributed by atoms with Crippen LogP contribution in [0.3, 0.4) is 0 Å². The zero-order chi connectivity index (χ0) is 22.2. The second kappa shape index (κ2) is 6.89. The van der Waals surface area contributed by atoms with E-state index in [2.05, 4.69) is 109 Å². The Kier molecular flexibility index (Phi) is 3.79. The molecule has 2 aromatic heterocycles. The Balaban J connectivity index is 1.61. The molecule has 158 valence electrons. The Morgan fingerprint density at radius 2 is 0.735 bits per heavy atom. The molecule has 0 aliphatic heterocycles. The predicted octanol–water partition coefficient (Wildman–Crippen LogP) is 9.36. The molecule has 0 unspecified atom stereocenters. The number of hydrogen-bond donors (Lipinski definition) is 0. The quantitative estimate of drug-likeness (QED) is 0.238. The molecular weight excluding hydrogens is 448 g/mol. The standard InChI is InChI=1S/C32H18S2/c1-3-11-19(12-4-1)25-27-21-15-7-9-17-23(21)33-31(27)30-26(20-13-5-2-6-14-20)28-22-16-8-10-18-24(22)34-32(28)29(25)30/h1-18H. The van der Waals surface area contributed by atoms with Crippen LogP contribution in [0.2, 0.25) is 0 Å². The van der Waals surface area contributed by atoms with Crippen LogP contribution >= 0.6 is 22.7 Å². The molecule has 0 saturated carbocycles. The molecule has 0 amide bonds. The van der Waals surface area contributed by atoms with Crippen molar-refractivity contribution in [1.82, 2.24) is 0 Å². The van der Waals surface area contributed by atoms with E-state index in [0.29, 0.717) is 0 Å². The van der Waals surface area contributed by atoms with E-state index < -0.39 is 0 Å². The average molecular weight is 467 g/mol.